The van der Waals surface area contributed by atoms with Gasteiger partial charge in [-0.1, -0.05) is 53.9 Å². The van der Waals surface area contributed by atoms with Crippen molar-refractivity contribution in [3.8, 4) is 0 Å². The fourth-order valence-electron chi connectivity index (χ4n) is 3.25. The highest BCUT2D eigenvalue weighted by molar-refractivity contribution is 5.99. The number of hydrogen-bond acceptors (Lipinski definition) is 2. The second-order valence-electron chi connectivity index (χ2n) is 6.53. The van der Waals surface area contributed by atoms with Gasteiger partial charge in [0.1, 0.15) is 11.6 Å². The molecule has 1 unspecified atom stereocenters. The lowest BCUT2D eigenvalue weighted by molar-refractivity contribution is -0.157. The Morgan fingerprint density at radius 3 is 2.19 bits per heavy atom. The average molecular weight is 296 g/mol. The van der Waals surface area contributed by atoms with Crippen molar-refractivity contribution in [1.82, 2.24) is 10.2 Å². The van der Waals surface area contributed by atoms with Gasteiger partial charge >= 0.3 is 0 Å². The first-order valence-electron chi connectivity index (χ1n) is 8.56. The topological polar surface area (TPSA) is 49.4 Å². The van der Waals surface area contributed by atoms with Gasteiger partial charge in [0.15, 0.2) is 0 Å². The summed E-state index contributed by atoms with van der Waals surface area (Å²) in [4.78, 5) is 27.3. The Morgan fingerprint density at radius 2 is 1.71 bits per heavy atom. The highest BCUT2D eigenvalue weighted by Crippen LogP contribution is 2.28. The Kier molecular flexibility index (Phi) is 6.69. The predicted molar refractivity (Wildman–Crippen MR) is 85.9 cm³/mol. The maximum Gasteiger partial charge on any atom is 0.248 e. The van der Waals surface area contributed by atoms with E-state index in [1.54, 1.807) is 0 Å². The minimum Gasteiger partial charge on any atom is -0.340 e. The van der Waals surface area contributed by atoms with Gasteiger partial charge in [-0.2, -0.15) is 0 Å². The second kappa shape index (κ2) is 7.81. The van der Waals surface area contributed by atoms with Crippen LogP contribution >= 0.6 is 0 Å². The zero-order valence-corrected chi connectivity index (χ0v) is 14.4. The van der Waals surface area contributed by atoms with Crippen LogP contribution in [0.15, 0.2) is 0 Å². The normalized spacial score (nSPS) is 21.8. The molecule has 0 aromatic carbocycles. The van der Waals surface area contributed by atoms with Gasteiger partial charge in [0.05, 0.1) is 0 Å². The molecule has 4 heteroatoms. The number of carbonyl (C=O) groups excluding carboxylic acids is 2. The molecule has 0 saturated carbocycles. The van der Waals surface area contributed by atoms with Crippen molar-refractivity contribution in [2.75, 3.05) is 6.54 Å². The lowest BCUT2D eigenvalue weighted by Crippen LogP contribution is -2.71. The summed E-state index contributed by atoms with van der Waals surface area (Å²) in [5.41, 5.74) is -0.687. The van der Waals surface area contributed by atoms with Crippen LogP contribution in [0, 0.1) is 5.92 Å². The molecule has 122 valence electrons. The van der Waals surface area contributed by atoms with E-state index < -0.39 is 5.54 Å². The van der Waals surface area contributed by atoms with E-state index in [0.717, 1.165) is 12.8 Å². The van der Waals surface area contributed by atoms with Gasteiger partial charge in [-0.3, -0.25) is 9.59 Å². The van der Waals surface area contributed by atoms with E-state index in [2.05, 4.69) is 12.2 Å². The summed E-state index contributed by atoms with van der Waals surface area (Å²) < 4.78 is 0. The number of rotatable bonds is 8. The van der Waals surface area contributed by atoms with Crippen LogP contribution in [0.2, 0.25) is 0 Å². The third kappa shape index (κ3) is 3.78. The first kappa shape index (κ1) is 18.0. The van der Waals surface area contributed by atoms with E-state index in [1.165, 1.54) is 12.8 Å². The van der Waals surface area contributed by atoms with Gasteiger partial charge in [-0.05, 0) is 25.2 Å². The number of hydrogen-bond donors (Lipinski definition) is 1. The second-order valence-corrected chi connectivity index (χ2v) is 6.53. The smallest absolute Gasteiger partial charge is 0.248 e. The molecule has 1 rings (SSSR count). The molecular weight excluding hydrogens is 264 g/mol. The lowest BCUT2D eigenvalue weighted by atomic mass is 9.84. The van der Waals surface area contributed by atoms with Crippen molar-refractivity contribution in [3.63, 3.8) is 0 Å². The molecule has 0 radical (unpaired) electrons. The van der Waals surface area contributed by atoms with Gasteiger partial charge < -0.3 is 10.2 Å². The van der Waals surface area contributed by atoms with Crippen LogP contribution in [0.4, 0.5) is 0 Å². The maximum absolute atomic E-state index is 12.9. The van der Waals surface area contributed by atoms with Crippen LogP contribution in [0.1, 0.15) is 73.1 Å². The minimum absolute atomic E-state index is 0.0174. The number of nitrogens with zero attached hydrogens (tertiary/aromatic N) is 1. The monoisotopic (exact) mass is 296 g/mol. The summed E-state index contributed by atoms with van der Waals surface area (Å²) in [6.07, 6.45) is 5.79. The number of carbonyl (C=O) groups is 2. The van der Waals surface area contributed by atoms with Crippen LogP contribution in [0.5, 0.6) is 0 Å². The summed E-state index contributed by atoms with van der Waals surface area (Å²) in [6, 6.07) is -0.314. The van der Waals surface area contributed by atoms with E-state index in [-0.39, 0.29) is 23.8 Å². The van der Waals surface area contributed by atoms with Crippen LogP contribution < -0.4 is 5.32 Å². The largest absolute Gasteiger partial charge is 0.340 e. The van der Waals surface area contributed by atoms with E-state index in [9.17, 15) is 9.59 Å². The molecule has 4 nitrogen and oxygen atoms in total. The third-order valence-corrected chi connectivity index (χ3v) is 4.73. The fourth-order valence-corrected chi connectivity index (χ4v) is 3.25. The summed E-state index contributed by atoms with van der Waals surface area (Å²) >= 11 is 0. The number of unbranched alkanes of at least 4 members (excludes halogenated alkanes) is 3. The standard InChI is InChI=1S/C17H32N2O2/c1-6-9-10-11-12-19-14(13(4)5)15(20)18-17(7-2,8-3)16(19)21/h13-14H,6-12H2,1-5H3,(H,18,20). The highest BCUT2D eigenvalue weighted by atomic mass is 16.2. The van der Waals surface area contributed by atoms with Crippen molar-refractivity contribution in [3.05, 3.63) is 0 Å². The molecule has 1 saturated heterocycles. The minimum atomic E-state index is -0.687. The molecule has 1 N–H and O–H groups in total. The SMILES string of the molecule is CCCCCCN1C(=O)C(CC)(CC)NC(=O)C1C(C)C. The molecule has 0 aromatic heterocycles. The van der Waals surface area contributed by atoms with Crippen LogP contribution in [0.3, 0.4) is 0 Å². The molecule has 1 aliphatic rings. The van der Waals surface area contributed by atoms with E-state index >= 15 is 0 Å². The van der Waals surface area contributed by atoms with Gasteiger partial charge in [0, 0.05) is 6.54 Å². The molecule has 1 fully saturated rings. The Bertz CT molecular complexity index is 362. The van der Waals surface area contributed by atoms with Gasteiger partial charge in [0.25, 0.3) is 0 Å². The molecular formula is C17H32N2O2. The Labute approximate surface area is 129 Å². The quantitative estimate of drug-likeness (QED) is 0.700. The summed E-state index contributed by atoms with van der Waals surface area (Å²) in [5, 5.41) is 3.01. The average Bonchev–Trinajstić information content (AvgIpc) is 2.46. The molecule has 21 heavy (non-hydrogen) atoms. The predicted octanol–water partition coefficient (Wildman–Crippen LogP) is 3.11. The Morgan fingerprint density at radius 1 is 1.10 bits per heavy atom. The van der Waals surface area contributed by atoms with Gasteiger partial charge in [0.2, 0.25) is 11.8 Å². The summed E-state index contributed by atoms with van der Waals surface area (Å²) in [5.74, 6) is 0.276. The van der Waals surface area contributed by atoms with E-state index in [1.807, 2.05) is 32.6 Å². The van der Waals surface area contributed by atoms with Crippen LogP contribution in [-0.2, 0) is 9.59 Å². The summed E-state index contributed by atoms with van der Waals surface area (Å²) in [7, 11) is 0. The summed E-state index contributed by atoms with van der Waals surface area (Å²) in [6.45, 7) is 10.9. The van der Waals surface area contributed by atoms with Crippen molar-refractivity contribution in [2.45, 2.75) is 84.7 Å². The molecule has 2 amide bonds. The first-order valence-corrected chi connectivity index (χ1v) is 8.56. The van der Waals surface area contributed by atoms with Crippen molar-refractivity contribution in [2.24, 2.45) is 5.92 Å². The molecule has 1 atom stereocenters. The molecule has 0 spiro atoms. The zero-order chi connectivity index (χ0) is 16.0. The molecule has 0 bridgehead atoms. The van der Waals surface area contributed by atoms with Crippen molar-refractivity contribution >= 4 is 11.8 Å². The number of amides is 2. The van der Waals surface area contributed by atoms with E-state index in [4.69, 9.17) is 0 Å². The number of piperazine rings is 1. The molecule has 1 heterocycles. The van der Waals surface area contributed by atoms with Crippen LogP contribution in [-0.4, -0.2) is 34.8 Å². The van der Waals surface area contributed by atoms with Crippen LogP contribution in [0.25, 0.3) is 0 Å². The Balaban J connectivity index is 2.93. The third-order valence-electron chi connectivity index (χ3n) is 4.73. The van der Waals surface area contributed by atoms with Gasteiger partial charge in [-0.25, -0.2) is 0 Å². The van der Waals surface area contributed by atoms with Crippen molar-refractivity contribution < 1.29 is 9.59 Å². The zero-order valence-electron chi connectivity index (χ0n) is 14.4. The fraction of sp³-hybridized carbons (Fsp3) is 0.882. The lowest BCUT2D eigenvalue weighted by Gasteiger charge is -2.47. The number of nitrogens with one attached hydrogen (secondary N) is 1. The van der Waals surface area contributed by atoms with Gasteiger partial charge in [-0.15, -0.1) is 0 Å². The van der Waals surface area contributed by atoms with E-state index in [0.29, 0.717) is 19.4 Å². The Hall–Kier alpha value is -1.06. The first-order chi connectivity index (χ1) is 9.93. The van der Waals surface area contributed by atoms with Crippen molar-refractivity contribution in [1.29, 1.82) is 0 Å². The molecule has 1 aliphatic heterocycles. The highest BCUT2D eigenvalue weighted by Gasteiger charge is 2.49. The molecule has 0 aromatic rings. The molecule has 0 aliphatic carbocycles. The maximum atomic E-state index is 12.9.